The van der Waals surface area contributed by atoms with Crippen molar-refractivity contribution in [1.29, 1.82) is 0 Å². The number of hydrogen-bond acceptors (Lipinski definition) is 9. The van der Waals surface area contributed by atoms with Crippen LogP contribution < -0.4 is 11.1 Å². The Morgan fingerprint density at radius 2 is 1.50 bits per heavy atom. The summed E-state index contributed by atoms with van der Waals surface area (Å²) in [5, 5.41) is 17.1. The molecule has 0 unspecified atom stereocenters. The zero-order chi connectivity index (χ0) is 35.5. The van der Waals surface area contributed by atoms with Crippen LogP contribution in [0.25, 0.3) is 0 Å². The van der Waals surface area contributed by atoms with Crippen molar-refractivity contribution >= 4 is 27.6 Å². The lowest BCUT2D eigenvalue weighted by atomic mass is 9.81. The number of nitrogen functional groups attached to an aromatic ring is 1. The molecule has 5 rings (SSSR count). The van der Waals surface area contributed by atoms with Gasteiger partial charge in [-0.15, -0.1) is 0 Å². The van der Waals surface area contributed by atoms with Gasteiger partial charge in [0.15, 0.2) is 5.78 Å². The van der Waals surface area contributed by atoms with E-state index < -0.39 is 40.7 Å². The molecule has 260 valence electrons. The topological polar surface area (TPSA) is 165 Å². The molecule has 0 radical (unpaired) electrons. The van der Waals surface area contributed by atoms with E-state index in [1.54, 1.807) is 0 Å². The van der Waals surface area contributed by atoms with Crippen molar-refractivity contribution in [2.45, 2.75) is 48.7 Å². The minimum absolute atomic E-state index is 0.0149. The zero-order valence-electron chi connectivity index (χ0n) is 27.6. The quantitative estimate of drug-likeness (QED) is 0.119. The molecular formula is C38H40N4O7S. The molecule has 1 heterocycles. The first-order valence-corrected chi connectivity index (χ1v) is 17.6. The number of aliphatic hydroxyl groups is 1. The average Bonchev–Trinajstić information content (AvgIpc) is 3.66. The van der Waals surface area contributed by atoms with Gasteiger partial charge in [0, 0.05) is 36.2 Å². The number of aliphatic hydroxyl groups excluding tert-OH is 1. The number of aryl methyl sites for hydroxylation is 1. The number of benzene rings is 4. The number of aromatic nitrogens is 1. The maximum Gasteiger partial charge on any atom is 0.407 e. The summed E-state index contributed by atoms with van der Waals surface area (Å²) >= 11 is 0. The highest BCUT2D eigenvalue weighted by Crippen LogP contribution is 2.30. The molecule has 11 nitrogen and oxygen atoms in total. The van der Waals surface area contributed by atoms with Gasteiger partial charge < -0.3 is 25.4 Å². The lowest BCUT2D eigenvalue weighted by Crippen LogP contribution is -2.46. The lowest BCUT2D eigenvalue weighted by molar-refractivity contribution is -0.120. The summed E-state index contributed by atoms with van der Waals surface area (Å²) in [6.07, 6.45) is 2.63. The third-order valence-corrected chi connectivity index (χ3v) is 10.5. The molecule has 4 N–H and O–H groups in total. The van der Waals surface area contributed by atoms with E-state index in [4.69, 9.17) is 15.0 Å². The number of nitrogens with zero attached hydrogens (tertiary/aromatic N) is 2. The molecule has 0 spiro atoms. The lowest BCUT2D eigenvalue weighted by Gasteiger charge is -2.30. The van der Waals surface area contributed by atoms with Crippen molar-refractivity contribution in [3.63, 3.8) is 0 Å². The van der Waals surface area contributed by atoms with Gasteiger partial charge in [-0.05, 0) is 59.4 Å². The largest absolute Gasteiger partial charge is 0.453 e. The number of rotatable bonds is 16. The van der Waals surface area contributed by atoms with E-state index in [1.165, 1.54) is 48.1 Å². The van der Waals surface area contributed by atoms with Crippen molar-refractivity contribution < 1.29 is 32.4 Å². The van der Waals surface area contributed by atoms with Crippen LogP contribution in [0.3, 0.4) is 0 Å². The maximum absolute atomic E-state index is 14.3. The van der Waals surface area contributed by atoms with Gasteiger partial charge in [0.25, 0.3) is 0 Å². The van der Waals surface area contributed by atoms with Crippen molar-refractivity contribution in [3.8, 4) is 0 Å². The molecule has 12 heteroatoms. The van der Waals surface area contributed by atoms with Crippen molar-refractivity contribution in [3.05, 3.63) is 149 Å². The number of carbonyl (C=O) groups is 2. The van der Waals surface area contributed by atoms with Crippen LogP contribution in [0.5, 0.6) is 0 Å². The van der Waals surface area contributed by atoms with Gasteiger partial charge in [0.2, 0.25) is 10.0 Å². The minimum Gasteiger partial charge on any atom is -0.453 e. The molecule has 0 bridgehead atoms. The van der Waals surface area contributed by atoms with Gasteiger partial charge in [0.1, 0.15) is 12.3 Å². The van der Waals surface area contributed by atoms with Crippen molar-refractivity contribution in [2.24, 2.45) is 0 Å². The Morgan fingerprint density at radius 3 is 2.06 bits per heavy atom. The Morgan fingerprint density at radius 1 is 0.900 bits per heavy atom. The van der Waals surface area contributed by atoms with Crippen molar-refractivity contribution in [1.82, 2.24) is 14.8 Å². The van der Waals surface area contributed by atoms with E-state index in [1.807, 2.05) is 84.9 Å². The number of amides is 1. The number of ether oxygens (including phenoxy) is 1. The van der Waals surface area contributed by atoms with E-state index in [0.717, 1.165) is 22.3 Å². The standard InChI is InChI=1S/C38H40N4O7S/c1-48-38(45)41-37(36(29-11-4-2-5-12-29)30-13-6-3-7-14-30)35(44)22-31-15-9-8-10-28(31)16-19-33(25-43)42(24-27-23-40-49-26-27)50(46,47)34-20-17-32(39)18-21-34/h2-15,17-18,20-21,23,26,33,36-37,43H,16,19,22,24-25,39H2,1H3,(H,41,45)/t33-,37+/m0/s1. The molecule has 5 aromatic rings. The summed E-state index contributed by atoms with van der Waals surface area (Å²) in [5.41, 5.74) is 9.97. The van der Waals surface area contributed by atoms with E-state index in [0.29, 0.717) is 17.7 Å². The Kier molecular flexibility index (Phi) is 12.2. The number of ketones is 1. The van der Waals surface area contributed by atoms with Crippen LogP contribution >= 0.6 is 0 Å². The molecule has 0 aliphatic rings. The van der Waals surface area contributed by atoms with Crippen LogP contribution in [0.1, 0.15) is 40.2 Å². The van der Waals surface area contributed by atoms with Crippen LogP contribution in [-0.2, 0) is 38.9 Å². The number of methoxy groups -OCH3 is 1. The zero-order valence-corrected chi connectivity index (χ0v) is 28.4. The maximum atomic E-state index is 14.3. The second-order valence-electron chi connectivity index (χ2n) is 11.9. The van der Waals surface area contributed by atoms with E-state index in [9.17, 15) is 23.1 Å². The Labute approximate surface area is 291 Å². The van der Waals surface area contributed by atoms with Crippen LogP contribution in [0.4, 0.5) is 10.5 Å². The summed E-state index contributed by atoms with van der Waals surface area (Å²) in [6.45, 7) is -0.537. The molecular weight excluding hydrogens is 657 g/mol. The number of sulfonamides is 1. The SMILES string of the molecule is COC(=O)N[C@H](C(=O)Cc1ccccc1CC[C@@H](CO)N(Cc1cnoc1)S(=O)(=O)c1ccc(N)cc1)C(c1ccccc1)c1ccccc1. The predicted octanol–water partition coefficient (Wildman–Crippen LogP) is 5.11. The molecule has 50 heavy (non-hydrogen) atoms. The number of nitrogens with two attached hydrogens (primary N) is 1. The fourth-order valence-corrected chi connectivity index (χ4v) is 7.66. The van der Waals surface area contributed by atoms with Gasteiger partial charge in [-0.25, -0.2) is 13.2 Å². The number of Topliss-reactive ketones (excluding diaryl/α,β-unsaturated/α-hetero) is 1. The number of nitrogens with one attached hydrogen (secondary N) is 1. The molecule has 0 aliphatic heterocycles. The number of alkyl carbamates (subject to hydrolysis) is 1. The van der Waals surface area contributed by atoms with Gasteiger partial charge in [-0.1, -0.05) is 90.1 Å². The predicted molar refractivity (Wildman–Crippen MR) is 188 cm³/mol. The van der Waals surface area contributed by atoms with E-state index in [2.05, 4.69) is 10.5 Å². The molecule has 0 saturated carbocycles. The van der Waals surface area contributed by atoms with E-state index in [-0.39, 0.29) is 30.1 Å². The normalized spacial score (nSPS) is 12.8. The van der Waals surface area contributed by atoms with Crippen LogP contribution in [0.15, 0.2) is 131 Å². The second-order valence-corrected chi connectivity index (χ2v) is 13.7. The smallest absolute Gasteiger partial charge is 0.407 e. The molecule has 0 aliphatic carbocycles. The molecule has 2 atom stereocenters. The first-order valence-electron chi connectivity index (χ1n) is 16.1. The molecule has 0 saturated heterocycles. The first kappa shape index (κ1) is 36.0. The fraction of sp³-hybridized carbons (Fsp3) is 0.237. The van der Waals surface area contributed by atoms with Gasteiger partial charge >= 0.3 is 6.09 Å². The Bertz CT molecular complexity index is 1900. The van der Waals surface area contributed by atoms with Crippen LogP contribution in [-0.4, -0.2) is 60.7 Å². The van der Waals surface area contributed by atoms with Crippen LogP contribution in [0, 0.1) is 0 Å². The van der Waals surface area contributed by atoms with Crippen LogP contribution in [0.2, 0.25) is 0 Å². The van der Waals surface area contributed by atoms with Crippen molar-refractivity contribution in [2.75, 3.05) is 19.5 Å². The monoisotopic (exact) mass is 696 g/mol. The summed E-state index contributed by atoms with van der Waals surface area (Å²) in [5.74, 6) is -0.737. The first-order chi connectivity index (χ1) is 24.2. The molecule has 1 aromatic heterocycles. The molecule has 0 fully saturated rings. The number of hydrogen-bond donors (Lipinski definition) is 3. The number of anilines is 1. The highest BCUT2D eigenvalue weighted by Gasteiger charge is 2.34. The van der Waals surface area contributed by atoms with Gasteiger partial charge in [-0.2, -0.15) is 4.31 Å². The third kappa shape index (κ3) is 8.83. The Hall–Kier alpha value is -5.30. The molecule has 1 amide bonds. The average molecular weight is 697 g/mol. The summed E-state index contributed by atoms with van der Waals surface area (Å²) < 4.78 is 38.9. The number of carbonyl (C=O) groups excluding carboxylic acids is 2. The summed E-state index contributed by atoms with van der Waals surface area (Å²) in [6, 6.07) is 30.5. The minimum atomic E-state index is -4.08. The van der Waals surface area contributed by atoms with E-state index >= 15 is 0 Å². The van der Waals surface area contributed by atoms with Gasteiger partial charge in [0.05, 0.1) is 24.8 Å². The highest BCUT2D eigenvalue weighted by atomic mass is 32.2. The second kappa shape index (κ2) is 16.9. The highest BCUT2D eigenvalue weighted by molar-refractivity contribution is 7.89. The summed E-state index contributed by atoms with van der Waals surface area (Å²) in [7, 11) is -2.83. The summed E-state index contributed by atoms with van der Waals surface area (Å²) in [4.78, 5) is 26.9. The fourth-order valence-electron chi connectivity index (χ4n) is 6.02. The molecule has 4 aromatic carbocycles. The third-order valence-electron chi connectivity index (χ3n) is 8.61. The van der Waals surface area contributed by atoms with Gasteiger partial charge in [-0.3, -0.25) is 4.79 Å². The Balaban J connectivity index is 1.42.